The van der Waals surface area contributed by atoms with Crippen molar-refractivity contribution in [3.8, 4) is 0 Å². The molecule has 1 N–H and O–H groups in total. The van der Waals surface area contributed by atoms with Crippen LogP contribution in [-0.4, -0.2) is 24.1 Å². The quantitative estimate of drug-likeness (QED) is 0.797. The number of nitrogens with one attached hydrogen (secondary N) is 1. The minimum atomic E-state index is -4.30. The zero-order chi connectivity index (χ0) is 19.9. The number of amides is 1. The second-order valence-corrected chi connectivity index (χ2v) is 11.1. The van der Waals surface area contributed by atoms with Gasteiger partial charge in [0.15, 0.2) is 15.0 Å². The van der Waals surface area contributed by atoms with Gasteiger partial charge >= 0.3 is 0 Å². The van der Waals surface area contributed by atoms with Crippen LogP contribution in [-0.2, 0) is 20.0 Å². The van der Waals surface area contributed by atoms with Gasteiger partial charge in [0.05, 0.1) is 5.69 Å². The number of anilines is 1. The number of thiazole rings is 1. The molecule has 9 heteroatoms. The lowest BCUT2D eigenvalue weighted by Crippen LogP contribution is -2.44. The van der Waals surface area contributed by atoms with E-state index in [-0.39, 0.29) is 10.4 Å². The fourth-order valence-corrected chi connectivity index (χ4v) is 4.51. The van der Waals surface area contributed by atoms with E-state index in [0.29, 0.717) is 5.13 Å². The molecule has 0 atom stereocenters. The smallest absolute Gasteiger partial charge is 0.247 e. The number of rotatable bonds is 4. The van der Waals surface area contributed by atoms with Gasteiger partial charge in [-0.3, -0.25) is 4.79 Å². The third-order valence-electron chi connectivity index (χ3n) is 3.90. The van der Waals surface area contributed by atoms with Crippen LogP contribution >= 0.6 is 22.9 Å². The minimum absolute atomic E-state index is 0.0706. The molecule has 1 aromatic heterocycles. The van der Waals surface area contributed by atoms with Gasteiger partial charge in [0, 0.05) is 15.8 Å². The van der Waals surface area contributed by atoms with Gasteiger partial charge in [-0.05, 0) is 32.0 Å². The van der Waals surface area contributed by atoms with Crippen molar-refractivity contribution in [3.05, 3.63) is 40.1 Å². The maximum absolute atomic E-state index is 14.1. The van der Waals surface area contributed by atoms with E-state index in [1.54, 1.807) is 5.38 Å². The molecule has 0 aliphatic rings. The van der Waals surface area contributed by atoms with Crippen LogP contribution in [0.4, 0.5) is 9.52 Å². The highest BCUT2D eigenvalue weighted by Crippen LogP contribution is 2.31. The molecule has 2 aromatic rings. The summed E-state index contributed by atoms with van der Waals surface area (Å²) in [6.45, 7) is 8.38. The predicted molar refractivity (Wildman–Crippen MR) is 102 cm³/mol. The molecule has 0 spiro atoms. The highest BCUT2D eigenvalue weighted by molar-refractivity contribution is 7.93. The van der Waals surface area contributed by atoms with Crippen molar-refractivity contribution in [2.24, 2.45) is 0 Å². The van der Waals surface area contributed by atoms with Gasteiger partial charge in [-0.15, -0.1) is 11.3 Å². The molecule has 0 aliphatic heterocycles. The molecule has 1 amide bonds. The zero-order valence-electron chi connectivity index (χ0n) is 15.1. The van der Waals surface area contributed by atoms with Crippen molar-refractivity contribution in [3.63, 3.8) is 0 Å². The first kappa shape index (κ1) is 20.8. The SMILES string of the molecule is CC(C)(C)c1csc(NC(=O)C(C)(C)S(=O)(=O)c2ccc(Cl)cc2F)n1. The lowest BCUT2D eigenvalue weighted by atomic mass is 9.93. The van der Waals surface area contributed by atoms with E-state index in [9.17, 15) is 17.6 Å². The second kappa shape index (κ2) is 6.90. The summed E-state index contributed by atoms with van der Waals surface area (Å²) in [6, 6.07) is 3.23. The molecule has 1 aromatic carbocycles. The van der Waals surface area contributed by atoms with Crippen LogP contribution in [0.15, 0.2) is 28.5 Å². The van der Waals surface area contributed by atoms with Gasteiger partial charge in [-0.1, -0.05) is 32.4 Å². The van der Waals surface area contributed by atoms with Gasteiger partial charge in [-0.25, -0.2) is 17.8 Å². The summed E-state index contributed by atoms with van der Waals surface area (Å²) < 4.78 is 37.8. The first-order valence-corrected chi connectivity index (χ1v) is 10.5. The molecule has 0 radical (unpaired) electrons. The van der Waals surface area contributed by atoms with Gasteiger partial charge in [-0.2, -0.15) is 0 Å². The van der Waals surface area contributed by atoms with E-state index < -0.39 is 31.2 Å². The summed E-state index contributed by atoms with van der Waals surface area (Å²) in [4.78, 5) is 16.4. The molecule has 142 valence electrons. The molecule has 5 nitrogen and oxygen atoms in total. The Bertz CT molecular complexity index is 947. The standard InChI is InChI=1S/C17H20ClFN2O3S2/c1-16(2,3)13-9-25-15(20-13)21-14(22)17(4,5)26(23,24)12-7-6-10(18)8-11(12)19/h6-9H,1-5H3,(H,20,21,22). The van der Waals surface area contributed by atoms with E-state index in [2.05, 4.69) is 10.3 Å². The second-order valence-electron chi connectivity index (χ2n) is 7.33. The number of hydrogen-bond acceptors (Lipinski definition) is 5. The van der Waals surface area contributed by atoms with Crippen molar-refractivity contribution in [2.45, 2.75) is 49.7 Å². The largest absolute Gasteiger partial charge is 0.301 e. The average Bonchev–Trinajstić information content (AvgIpc) is 2.95. The number of aromatic nitrogens is 1. The topological polar surface area (TPSA) is 76.1 Å². The Morgan fingerprint density at radius 3 is 2.35 bits per heavy atom. The highest BCUT2D eigenvalue weighted by Gasteiger charge is 2.44. The van der Waals surface area contributed by atoms with E-state index in [0.717, 1.165) is 17.8 Å². The lowest BCUT2D eigenvalue weighted by molar-refractivity contribution is -0.117. The number of carbonyl (C=O) groups excluding carboxylic acids is 1. The van der Waals surface area contributed by atoms with E-state index >= 15 is 0 Å². The zero-order valence-corrected chi connectivity index (χ0v) is 17.4. The molecule has 2 rings (SSSR count). The Morgan fingerprint density at radius 1 is 1.23 bits per heavy atom. The number of sulfone groups is 1. The summed E-state index contributed by atoms with van der Waals surface area (Å²) in [5.41, 5.74) is 0.579. The van der Waals surface area contributed by atoms with Crippen LogP contribution in [0.25, 0.3) is 0 Å². The van der Waals surface area contributed by atoms with E-state index in [4.69, 9.17) is 11.6 Å². The van der Waals surface area contributed by atoms with Crippen molar-refractivity contribution in [1.29, 1.82) is 0 Å². The van der Waals surface area contributed by atoms with Crippen molar-refractivity contribution in [1.82, 2.24) is 4.98 Å². The number of benzene rings is 1. The molecule has 0 aliphatic carbocycles. The van der Waals surface area contributed by atoms with Crippen LogP contribution in [0.5, 0.6) is 0 Å². The van der Waals surface area contributed by atoms with Crippen molar-refractivity contribution in [2.75, 3.05) is 5.32 Å². The Hall–Kier alpha value is -1.51. The maximum atomic E-state index is 14.1. The van der Waals surface area contributed by atoms with Crippen LogP contribution in [0, 0.1) is 5.82 Å². The van der Waals surface area contributed by atoms with Gasteiger partial charge < -0.3 is 5.32 Å². The van der Waals surface area contributed by atoms with Crippen LogP contribution in [0.1, 0.15) is 40.3 Å². The Morgan fingerprint density at radius 2 is 1.85 bits per heavy atom. The number of hydrogen-bond donors (Lipinski definition) is 1. The molecule has 0 saturated heterocycles. The Balaban J connectivity index is 2.33. The summed E-state index contributed by atoms with van der Waals surface area (Å²) in [7, 11) is -4.30. The highest BCUT2D eigenvalue weighted by atomic mass is 35.5. The first-order valence-electron chi connectivity index (χ1n) is 7.74. The van der Waals surface area contributed by atoms with E-state index in [1.807, 2.05) is 20.8 Å². The number of halogens is 2. The lowest BCUT2D eigenvalue weighted by Gasteiger charge is -2.23. The fraction of sp³-hybridized carbons (Fsp3) is 0.412. The average molecular weight is 419 g/mol. The molecule has 1 heterocycles. The molecule has 26 heavy (non-hydrogen) atoms. The molecule has 0 bridgehead atoms. The third-order valence-corrected chi connectivity index (χ3v) is 7.33. The molecular weight excluding hydrogens is 399 g/mol. The summed E-state index contributed by atoms with van der Waals surface area (Å²) in [5, 5.41) is 4.69. The summed E-state index contributed by atoms with van der Waals surface area (Å²) in [5.74, 6) is -1.79. The first-order chi connectivity index (χ1) is 11.8. The monoisotopic (exact) mass is 418 g/mol. The number of carbonyl (C=O) groups is 1. The minimum Gasteiger partial charge on any atom is -0.301 e. The van der Waals surface area contributed by atoms with Gasteiger partial charge in [0.25, 0.3) is 0 Å². The normalized spacial score (nSPS) is 12.9. The molecule has 0 saturated carbocycles. The molecule has 0 unspecified atom stereocenters. The van der Waals surface area contributed by atoms with Crippen molar-refractivity contribution < 1.29 is 17.6 Å². The maximum Gasteiger partial charge on any atom is 0.247 e. The van der Waals surface area contributed by atoms with Crippen molar-refractivity contribution >= 4 is 43.8 Å². The van der Waals surface area contributed by atoms with Gasteiger partial charge in [0.1, 0.15) is 15.5 Å². The summed E-state index contributed by atoms with van der Waals surface area (Å²) >= 11 is 6.87. The Labute approximate surface area is 161 Å². The predicted octanol–water partition coefficient (Wildman–Crippen LogP) is 4.42. The fourth-order valence-electron chi connectivity index (χ4n) is 2.01. The third kappa shape index (κ3) is 3.92. The summed E-state index contributed by atoms with van der Waals surface area (Å²) in [6.07, 6.45) is 0. The number of nitrogens with zero attached hydrogens (tertiary/aromatic N) is 1. The van der Waals surface area contributed by atoms with Crippen LogP contribution in [0.2, 0.25) is 5.02 Å². The molecule has 0 fully saturated rings. The van der Waals surface area contributed by atoms with Crippen LogP contribution < -0.4 is 5.32 Å². The van der Waals surface area contributed by atoms with E-state index in [1.165, 1.54) is 31.3 Å². The van der Waals surface area contributed by atoms with Gasteiger partial charge in [0.2, 0.25) is 5.91 Å². The molecular formula is C17H20ClFN2O3S2. The van der Waals surface area contributed by atoms with Crippen LogP contribution in [0.3, 0.4) is 0 Å². The Kier molecular flexibility index (Phi) is 5.52.